The van der Waals surface area contributed by atoms with Gasteiger partial charge in [-0.25, -0.2) is 13.5 Å². The Morgan fingerprint density at radius 1 is 1.06 bits per heavy atom. The summed E-state index contributed by atoms with van der Waals surface area (Å²) in [4.78, 5) is 37.4. The molecule has 1 saturated heterocycles. The molecule has 1 amide bonds. The molecule has 3 atom stereocenters. The van der Waals surface area contributed by atoms with Crippen molar-refractivity contribution < 1.29 is 27.6 Å². The van der Waals surface area contributed by atoms with Crippen molar-refractivity contribution in [1.29, 1.82) is 0 Å². The third-order valence-electron chi connectivity index (χ3n) is 8.12. The van der Waals surface area contributed by atoms with Gasteiger partial charge in [0.25, 0.3) is 5.91 Å². The zero-order chi connectivity index (χ0) is 26.1. The number of carbonyl (C=O) groups is 2. The number of nitrogens with zero attached hydrogens (tertiary/aromatic N) is 3. The number of fused-ring (bicyclic) bond motifs is 2. The molecule has 2 bridgehead atoms. The first-order chi connectivity index (χ1) is 16.9. The van der Waals surface area contributed by atoms with Gasteiger partial charge in [0, 0.05) is 25.5 Å². The molecule has 6 rings (SSSR count). The van der Waals surface area contributed by atoms with Gasteiger partial charge in [-0.05, 0) is 69.5 Å². The van der Waals surface area contributed by atoms with E-state index in [-0.39, 0.29) is 24.4 Å². The van der Waals surface area contributed by atoms with E-state index in [0.29, 0.717) is 11.1 Å². The minimum absolute atomic E-state index is 0.0547. The Hall–Kier alpha value is -3.08. The summed E-state index contributed by atoms with van der Waals surface area (Å²) >= 11 is 0. The quantitative estimate of drug-likeness (QED) is 0.459. The van der Waals surface area contributed by atoms with E-state index in [1.54, 1.807) is 56.4 Å². The van der Waals surface area contributed by atoms with Crippen LogP contribution in [0.5, 0.6) is 0 Å². The van der Waals surface area contributed by atoms with Gasteiger partial charge < -0.3 is 4.74 Å². The minimum Gasteiger partial charge on any atom is -0.469 e. The fraction of sp³-hybridized carbons (Fsp3) is 0.423. The SMILES string of the molecule is COC(=O)[C@@]1(C)C[C@@]2(C)C3=C(CN(S(=O)(=O)c4ccc(C)cc4)C3)[C@]1(C)ON2C(=O)c1cccnc1. The Morgan fingerprint density at radius 2 is 1.72 bits per heavy atom. The van der Waals surface area contributed by atoms with Crippen LogP contribution in [0.3, 0.4) is 0 Å². The summed E-state index contributed by atoms with van der Waals surface area (Å²) in [5.41, 5.74) is -0.787. The molecule has 4 aliphatic rings. The Labute approximate surface area is 210 Å². The van der Waals surface area contributed by atoms with E-state index in [4.69, 9.17) is 9.57 Å². The number of methoxy groups -OCH3 is 1. The molecule has 3 aliphatic heterocycles. The molecule has 0 spiro atoms. The van der Waals surface area contributed by atoms with Crippen LogP contribution in [0.2, 0.25) is 0 Å². The van der Waals surface area contributed by atoms with Gasteiger partial charge in [0.1, 0.15) is 11.0 Å². The Morgan fingerprint density at radius 3 is 2.33 bits per heavy atom. The van der Waals surface area contributed by atoms with Crippen molar-refractivity contribution in [2.24, 2.45) is 5.41 Å². The number of benzene rings is 1. The van der Waals surface area contributed by atoms with Crippen LogP contribution in [-0.4, -0.2) is 66.0 Å². The molecular weight excluding hydrogens is 482 g/mol. The number of hydroxylamine groups is 2. The summed E-state index contributed by atoms with van der Waals surface area (Å²) < 4.78 is 33.8. The summed E-state index contributed by atoms with van der Waals surface area (Å²) in [6.07, 6.45) is 3.24. The normalized spacial score (nSPS) is 29.9. The smallest absolute Gasteiger partial charge is 0.315 e. The number of aryl methyl sites for hydroxylation is 1. The van der Waals surface area contributed by atoms with E-state index < -0.39 is 38.5 Å². The molecule has 0 unspecified atom stereocenters. The summed E-state index contributed by atoms with van der Waals surface area (Å²) in [6, 6.07) is 10.0. The summed E-state index contributed by atoms with van der Waals surface area (Å²) in [7, 11) is -2.52. The van der Waals surface area contributed by atoms with Crippen LogP contribution in [0.15, 0.2) is 64.8 Å². The summed E-state index contributed by atoms with van der Waals surface area (Å²) in [6.45, 7) is 7.35. The van der Waals surface area contributed by atoms with Gasteiger partial charge in [-0.15, -0.1) is 0 Å². The van der Waals surface area contributed by atoms with Crippen LogP contribution in [-0.2, 0) is 24.4 Å². The largest absolute Gasteiger partial charge is 0.469 e. The van der Waals surface area contributed by atoms with E-state index in [1.165, 1.54) is 22.7 Å². The van der Waals surface area contributed by atoms with E-state index in [9.17, 15) is 18.0 Å². The van der Waals surface area contributed by atoms with Crippen LogP contribution in [0, 0.1) is 12.3 Å². The number of aromatic nitrogens is 1. The summed E-state index contributed by atoms with van der Waals surface area (Å²) in [5.74, 6) is -0.883. The molecule has 1 aromatic carbocycles. The summed E-state index contributed by atoms with van der Waals surface area (Å²) in [5, 5.41) is 1.30. The average Bonchev–Trinajstić information content (AvgIpc) is 3.35. The zero-order valence-electron chi connectivity index (χ0n) is 20.9. The van der Waals surface area contributed by atoms with E-state index in [0.717, 1.165) is 11.1 Å². The Bertz CT molecular complexity index is 1390. The predicted molar refractivity (Wildman–Crippen MR) is 130 cm³/mol. The van der Waals surface area contributed by atoms with Crippen molar-refractivity contribution in [3.05, 3.63) is 71.1 Å². The van der Waals surface area contributed by atoms with E-state index >= 15 is 0 Å². The average molecular weight is 512 g/mol. The first-order valence-electron chi connectivity index (χ1n) is 11.7. The number of amides is 1. The van der Waals surface area contributed by atoms with E-state index in [1.807, 2.05) is 13.8 Å². The molecule has 0 saturated carbocycles. The molecule has 0 N–H and O–H groups in total. The van der Waals surface area contributed by atoms with Crippen LogP contribution in [0.25, 0.3) is 0 Å². The molecule has 1 aromatic heterocycles. The van der Waals surface area contributed by atoms with Gasteiger partial charge in [0.15, 0.2) is 0 Å². The van der Waals surface area contributed by atoms with Crippen molar-refractivity contribution in [3.63, 3.8) is 0 Å². The number of carbonyl (C=O) groups excluding carboxylic acids is 2. The van der Waals surface area contributed by atoms with Crippen LogP contribution >= 0.6 is 0 Å². The second kappa shape index (κ2) is 7.96. The third-order valence-corrected chi connectivity index (χ3v) is 9.93. The topological polar surface area (TPSA) is 106 Å². The van der Waals surface area contributed by atoms with Crippen molar-refractivity contribution >= 4 is 21.9 Å². The standard InChI is InChI=1S/C26H29N3O6S/c1-17-8-10-19(11-9-17)36(32,33)28-14-20-21(15-28)26(4)24(2,23(31)34-5)16-25(20,3)29(35-26)22(30)18-7-6-12-27-13-18/h6-13H,14-16H2,1-5H3/t24-,25+,26+/m1/s1. The highest BCUT2D eigenvalue weighted by molar-refractivity contribution is 7.89. The Balaban J connectivity index is 1.61. The maximum Gasteiger partial charge on any atom is 0.315 e. The van der Waals surface area contributed by atoms with E-state index in [2.05, 4.69) is 4.98 Å². The van der Waals surface area contributed by atoms with Gasteiger partial charge in [-0.3, -0.25) is 19.4 Å². The number of sulfonamides is 1. The van der Waals surface area contributed by atoms with Crippen molar-refractivity contribution in [1.82, 2.24) is 14.4 Å². The number of ether oxygens (including phenoxy) is 1. The van der Waals surface area contributed by atoms with Crippen molar-refractivity contribution in [3.8, 4) is 0 Å². The molecule has 1 fully saturated rings. The highest BCUT2D eigenvalue weighted by Gasteiger charge is 2.71. The van der Waals surface area contributed by atoms with Crippen molar-refractivity contribution in [2.75, 3.05) is 20.2 Å². The molecule has 1 aliphatic carbocycles. The van der Waals surface area contributed by atoms with Crippen LogP contribution < -0.4 is 0 Å². The molecule has 0 radical (unpaired) electrons. The number of rotatable bonds is 4. The fourth-order valence-corrected chi connectivity index (χ4v) is 7.23. The lowest BCUT2D eigenvalue weighted by atomic mass is 9.56. The highest BCUT2D eigenvalue weighted by Crippen LogP contribution is 2.62. The second-order valence-electron chi connectivity index (χ2n) is 10.3. The van der Waals surface area contributed by atoms with Crippen molar-refractivity contribution in [2.45, 2.75) is 50.2 Å². The third kappa shape index (κ3) is 3.21. The molecule has 36 heavy (non-hydrogen) atoms. The molecule has 9 nitrogen and oxygen atoms in total. The van der Waals surface area contributed by atoms with Gasteiger partial charge in [0.2, 0.25) is 10.0 Å². The minimum atomic E-state index is -3.83. The molecule has 10 heteroatoms. The van der Waals surface area contributed by atoms with Gasteiger partial charge in [0.05, 0.1) is 23.1 Å². The fourth-order valence-electron chi connectivity index (χ4n) is 5.86. The first kappa shape index (κ1) is 24.6. The molecular formula is C26H29N3O6S. The maximum absolute atomic E-state index is 13.6. The number of hydrogen-bond donors (Lipinski definition) is 0. The number of hydrogen-bond acceptors (Lipinski definition) is 7. The number of pyridine rings is 1. The lowest BCUT2D eigenvalue weighted by Gasteiger charge is -2.62. The predicted octanol–water partition coefficient (Wildman–Crippen LogP) is 2.88. The first-order valence-corrected chi connectivity index (χ1v) is 13.1. The van der Waals surface area contributed by atoms with Gasteiger partial charge in [-0.1, -0.05) is 17.7 Å². The maximum atomic E-state index is 13.6. The lowest BCUT2D eigenvalue weighted by Crippen LogP contribution is -2.73. The van der Waals surface area contributed by atoms with Gasteiger partial charge in [-0.2, -0.15) is 4.31 Å². The van der Waals surface area contributed by atoms with Crippen LogP contribution in [0.4, 0.5) is 0 Å². The Kier molecular flexibility index (Phi) is 5.44. The molecule has 190 valence electrons. The van der Waals surface area contributed by atoms with Crippen LogP contribution in [0.1, 0.15) is 43.1 Å². The number of esters is 1. The monoisotopic (exact) mass is 511 g/mol. The lowest BCUT2D eigenvalue weighted by molar-refractivity contribution is -0.315. The highest BCUT2D eigenvalue weighted by atomic mass is 32.2. The molecule has 2 aromatic rings. The zero-order valence-corrected chi connectivity index (χ0v) is 21.8. The van der Waals surface area contributed by atoms with Gasteiger partial charge >= 0.3 is 5.97 Å². The molecule has 4 heterocycles. The second-order valence-corrected chi connectivity index (χ2v) is 12.2.